The van der Waals surface area contributed by atoms with Gasteiger partial charge in [-0.25, -0.2) is 14.4 Å². The van der Waals surface area contributed by atoms with Crippen molar-refractivity contribution in [3.05, 3.63) is 143 Å². The predicted molar refractivity (Wildman–Crippen MR) is 249 cm³/mol. The summed E-state index contributed by atoms with van der Waals surface area (Å²) >= 11 is 7.30. The van der Waals surface area contributed by atoms with Crippen LogP contribution in [-0.2, 0) is 20.9 Å². The van der Waals surface area contributed by atoms with Crippen LogP contribution in [0, 0.1) is 5.82 Å². The molecule has 63 heavy (non-hydrogen) atoms. The van der Waals surface area contributed by atoms with Crippen LogP contribution in [0.3, 0.4) is 0 Å². The van der Waals surface area contributed by atoms with Crippen LogP contribution < -0.4 is 14.4 Å². The maximum absolute atomic E-state index is 14.2. The van der Waals surface area contributed by atoms with Crippen molar-refractivity contribution in [2.45, 2.75) is 44.8 Å². The molecule has 0 saturated carbocycles. The molecule has 1 unspecified atom stereocenters. The maximum Gasteiger partial charge on any atom is 0.0820 e. The van der Waals surface area contributed by atoms with E-state index < -0.39 is 22.0 Å². The number of ether oxygens (including phenoxy) is 3. The number of thiophene rings is 1. The number of benzene rings is 3. The third kappa shape index (κ3) is 12.4. The van der Waals surface area contributed by atoms with Crippen LogP contribution in [0.4, 0.5) is 4.39 Å². The van der Waals surface area contributed by atoms with Crippen LogP contribution in [0.2, 0.25) is 4.87 Å². The fourth-order valence-corrected chi connectivity index (χ4v) is 8.81. The van der Waals surface area contributed by atoms with E-state index in [1.54, 1.807) is 18.3 Å². The topological polar surface area (TPSA) is 104 Å². The third-order valence-electron chi connectivity index (χ3n) is 10.4. The number of para-hydroxylation sites is 1. The average Bonchev–Trinajstić information content (AvgIpc) is 3.69. The molecule has 4 heterocycles. The number of fused-ring (bicyclic) bond motifs is 1. The SMILES string of the molecule is C/C=C(/C=C\C(OCCN1CCN(C)CC1)=C(/C)Cl)c1c(-c2ccc(F)cc2)sc2ncnc(OC(C)Cc3ccccc3OCc3ccnc(-c4cccc(O[O][Sb][CH3])c4)n3)c12. The van der Waals surface area contributed by atoms with Crippen LogP contribution in [-0.4, -0.2) is 104 Å². The Kier molecular flexibility index (Phi) is 16.6. The molecule has 1 atom stereocenters. The van der Waals surface area contributed by atoms with E-state index in [9.17, 15) is 4.39 Å². The number of hydrogen-bond donors (Lipinski definition) is 0. The van der Waals surface area contributed by atoms with Gasteiger partial charge in [-0.15, -0.1) is 11.3 Å². The molecule has 1 fully saturated rings. The summed E-state index contributed by atoms with van der Waals surface area (Å²) in [5, 5.41) is 1.31. The first-order valence-electron chi connectivity index (χ1n) is 20.7. The average molecular weight is 999 g/mol. The number of rotatable bonds is 19. The van der Waals surface area contributed by atoms with Gasteiger partial charge >= 0.3 is 133 Å². The van der Waals surface area contributed by atoms with Crippen LogP contribution in [0.1, 0.15) is 37.6 Å². The zero-order valence-electron chi connectivity index (χ0n) is 36.0. The van der Waals surface area contributed by atoms with Gasteiger partial charge in [-0.1, -0.05) is 54.1 Å². The van der Waals surface area contributed by atoms with E-state index in [0.29, 0.717) is 41.3 Å². The molecule has 11 nitrogen and oxygen atoms in total. The molecule has 0 amide bonds. The monoisotopic (exact) mass is 997 g/mol. The fraction of sp³-hybridized carbons (Fsp3) is 0.292. The summed E-state index contributed by atoms with van der Waals surface area (Å²) in [6.07, 6.45) is 9.39. The molecule has 3 aromatic carbocycles. The summed E-state index contributed by atoms with van der Waals surface area (Å²) in [6.45, 7) is 11.5. The predicted octanol–water partition coefficient (Wildman–Crippen LogP) is 10.2. The Morgan fingerprint density at radius 2 is 1.78 bits per heavy atom. The van der Waals surface area contributed by atoms with Crippen molar-refractivity contribution in [2.75, 3.05) is 46.4 Å². The Balaban J connectivity index is 1.10. The van der Waals surface area contributed by atoms with Crippen molar-refractivity contribution in [2.24, 2.45) is 0 Å². The van der Waals surface area contributed by atoms with Gasteiger partial charge in [0.1, 0.15) is 35.4 Å². The van der Waals surface area contributed by atoms with Crippen molar-refractivity contribution in [3.8, 4) is 39.2 Å². The van der Waals surface area contributed by atoms with Crippen LogP contribution in [0.25, 0.3) is 37.6 Å². The largest absolute Gasteiger partial charge is 0.0820 e. The molecule has 0 N–H and O–H groups in total. The molecule has 3 aromatic heterocycles. The zero-order valence-corrected chi connectivity index (χ0v) is 40.1. The Hall–Kier alpha value is -4.88. The molecule has 0 bridgehead atoms. The molecule has 1 radical (unpaired) electrons. The first-order valence-corrected chi connectivity index (χ1v) is 25.5. The molecule has 0 spiro atoms. The number of halogens is 2. The van der Waals surface area contributed by atoms with E-state index in [1.165, 1.54) is 29.8 Å². The number of nitrogens with zero attached hydrogens (tertiary/aromatic N) is 6. The minimum Gasteiger partial charge on any atom is 0.0820 e. The summed E-state index contributed by atoms with van der Waals surface area (Å²) in [6, 6.07) is 23.8. The van der Waals surface area contributed by atoms with Gasteiger partial charge < -0.3 is 14.4 Å². The van der Waals surface area contributed by atoms with Crippen molar-refractivity contribution in [1.29, 1.82) is 0 Å². The van der Waals surface area contributed by atoms with E-state index in [1.807, 2.05) is 98.5 Å². The number of allylic oxidation sites excluding steroid dienone is 5. The van der Waals surface area contributed by atoms with Crippen molar-refractivity contribution in [1.82, 2.24) is 29.7 Å². The van der Waals surface area contributed by atoms with Crippen LogP contribution in [0.5, 0.6) is 17.4 Å². The zero-order chi connectivity index (χ0) is 44.1. The van der Waals surface area contributed by atoms with Gasteiger partial charge in [-0.3, -0.25) is 4.90 Å². The number of likely N-dealkylation sites (N-methyl/N-ethyl adjacent to an activating group) is 1. The van der Waals surface area contributed by atoms with E-state index >= 15 is 0 Å². The summed E-state index contributed by atoms with van der Waals surface area (Å²) < 4.78 is 38.8. The second-order valence-electron chi connectivity index (χ2n) is 14.9. The van der Waals surface area contributed by atoms with E-state index in [0.717, 1.165) is 87.1 Å². The smallest absolute Gasteiger partial charge is 0.0820 e. The van der Waals surface area contributed by atoms with Gasteiger partial charge in [0, 0.05) is 49.6 Å². The molecule has 1 saturated heterocycles. The molecule has 6 aromatic rings. The first kappa shape index (κ1) is 46.1. The van der Waals surface area contributed by atoms with E-state index in [2.05, 4.69) is 21.8 Å². The number of hydrogen-bond acceptors (Lipinski definition) is 12. The van der Waals surface area contributed by atoms with Crippen LogP contribution >= 0.6 is 22.9 Å². The maximum atomic E-state index is 14.2. The van der Waals surface area contributed by atoms with Crippen LogP contribution in [0.15, 0.2) is 120 Å². The van der Waals surface area contributed by atoms with E-state index in [4.69, 9.17) is 48.8 Å². The summed E-state index contributed by atoms with van der Waals surface area (Å²) in [5.74, 6) is 2.61. The van der Waals surface area contributed by atoms with Gasteiger partial charge in [0.2, 0.25) is 5.88 Å². The molecular formula is C48H50ClFN6O5SSb. The summed E-state index contributed by atoms with van der Waals surface area (Å²) in [5.41, 5.74) is 5.10. The summed E-state index contributed by atoms with van der Waals surface area (Å²) in [4.78, 5) is 32.4. The fourth-order valence-electron chi connectivity index (χ4n) is 7.07. The van der Waals surface area contributed by atoms with Gasteiger partial charge in [0.15, 0.2) is 0 Å². The summed E-state index contributed by atoms with van der Waals surface area (Å²) in [7, 11) is 2.15. The molecule has 7 rings (SSSR count). The van der Waals surface area contributed by atoms with Crippen molar-refractivity contribution in [3.63, 3.8) is 0 Å². The normalized spacial score (nSPS) is 14.8. The molecule has 1 aliphatic heterocycles. The Morgan fingerprint density at radius 1 is 0.968 bits per heavy atom. The minimum atomic E-state index is -0.805. The number of piperazine rings is 1. The van der Waals surface area contributed by atoms with Gasteiger partial charge in [0.25, 0.3) is 0 Å². The Morgan fingerprint density at radius 3 is 2.56 bits per heavy atom. The quantitative estimate of drug-likeness (QED) is 0.0255. The molecule has 15 heteroatoms. The molecule has 1 aliphatic rings. The van der Waals surface area contributed by atoms with Gasteiger partial charge in [0.05, 0.1) is 10.4 Å². The van der Waals surface area contributed by atoms with E-state index in [-0.39, 0.29) is 18.5 Å². The van der Waals surface area contributed by atoms with Crippen molar-refractivity contribution < 1.29 is 26.7 Å². The Bertz CT molecular complexity index is 2560. The molecule has 327 valence electrons. The number of aromatic nitrogens is 4. The standard InChI is InChI=1S/C47H48ClFN6O5S.CH3.Sb/c1-5-33(15-18-40(32(3)48)57-26-25-55-23-21-54(4)22-24-55)42-43-46(51-30-52-47(43)61-44(42)34-13-16-37(49)17-14-34)59-31(2)27-35-9-6-7-12-41(35)58-29-38-19-20-50-45(53-38)36-10-8-11-39(28-36)60-56;;/h5-20,28,30-31,56H,21-27,29H2,1-4H3;1H3;/q;;+1/p-1/b18-15-,33-5-,40-32-;;. The first-order chi connectivity index (χ1) is 30.7. The van der Waals surface area contributed by atoms with Gasteiger partial charge in [-0.2, -0.15) is 0 Å². The van der Waals surface area contributed by atoms with Crippen molar-refractivity contribution >= 4 is 60.8 Å². The third-order valence-corrected chi connectivity index (χ3v) is 12.3. The second kappa shape index (κ2) is 22.6. The molecular weight excluding hydrogens is 949 g/mol. The molecule has 0 aliphatic carbocycles. The minimum absolute atomic E-state index is 0.237. The second-order valence-corrected chi connectivity index (χ2v) is 17.9. The Labute approximate surface area is 388 Å². The van der Waals surface area contributed by atoms with Gasteiger partial charge in [-0.05, 0) is 57.2 Å².